The van der Waals surface area contributed by atoms with Crippen LogP contribution in [0.5, 0.6) is 0 Å². The highest BCUT2D eigenvalue weighted by Crippen LogP contribution is 2.22. The van der Waals surface area contributed by atoms with E-state index in [4.69, 9.17) is 0 Å². The van der Waals surface area contributed by atoms with Gasteiger partial charge in [-0.15, -0.1) is 0 Å². The first-order chi connectivity index (χ1) is 9.61. The summed E-state index contributed by atoms with van der Waals surface area (Å²) in [5, 5.41) is 3.56. The van der Waals surface area contributed by atoms with Crippen LogP contribution in [-0.2, 0) is 13.5 Å². The number of aromatic nitrogens is 2. The van der Waals surface area contributed by atoms with Gasteiger partial charge in [0, 0.05) is 51.7 Å². The van der Waals surface area contributed by atoms with E-state index in [-0.39, 0.29) is 0 Å². The molecule has 1 atom stereocenters. The maximum atomic E-state index is 4.43. The number of anilines is 1. The van der Waals surface area contributed by atoms with Crippen molar-refractivity contribution in [2.75, 3.05) is 25.5 Å². The predicted molar refractivity (Wildman–Crippen MR) is 84.1 cm³/mol. The molecule has 0 aliphatic carbocycles. The van der Waals surface area contributed by atoms with Gasteiger partial charge in [0.2, 0.25) is 0 Å². The molecule has 20 heavy (non-hydrogen) atoms. The van der Waals surface area contributed by atoms with E-state index < -0.39 is 0 Å². The van der Waals surface area contributed by atoms with E-state index in [9.17, 15) is 0 Å². The van der Waals surface area contributed by atoms with Gasteiger partial charge in [-0.05, 0) is 24.2 Å². The van der Waals surface area contributed by atoms with Gasteiger partial charge in [0.25, 0.3) is 0 Å². The molecule has 0 aliphatic heterocycles. The Hall–Kier alpha value is -1.81. The van der Waals surface area contributed by atoms with Crippen LogP contribution in [0.3, 0.4) is 0 Å². The molecule has 1 aromatic carbocycles. The lowest BCUT2D eigenvalue weighted by Crippen LogP contribution is -2.24. The minimum absolute atomic E-state index is 0.293. The summed E-state index contributed by atoms with van der Waals surface area (Å²) < 4.78 is 2.08. The zero-order valence-corrected chi connectivity index (χ0v) is 12.8. The third kappa shape index (κ3) is 3.39. The number of likely N-dealkylation sites (N-methyl/N-ethyl adjacent to an activating group) is 1. The summed E-state index contributed by atoms with van der Waals surface area (Å²) in [7, 11) is 6.18. The average molecular weight is 272 g/mol. The van der Waals surface area contributed by atoms with Gasteiger partial charge in [-0.2, -0.15) is 0 Å². The number of rotatable bonds is 6. The van der Waals surface area contributed by atoms with Crippen LogP contribution in [0.15, 0.2) is 36.7 Å². The van der Waals surface area contributed by atoms with Crippen molar-refractivity contribution in [1.82, 2.24) is 14.9 Å². The molecule has 0 bridgehead atoms. The molecule has 108 valence electrons. The third-order valence-corrected chi connectivity index (χ3v) is 3.55. The largest absolute Gasteiger partial charge is 0.378 e. The molecule has 0 saturated heterocycles. The van der Waals surface area contributed by atoms with Crippen molar-refractivity contribution in [2.24, 2.45) is 7.05 Å². The Bertz CT molecular complexity index is 545. The maximum Gasteiger partial charge on any atom is 0.110 e. The lowest BCUT2D eigenvalue weighted by molar-refractivity contribution is 0.529. The Morgan fingerprint density at radius 3 is 2.75 bits per heavy atom. The predicted octanol–water partition coefficient (Wildman–Crippen LogP) is 2.38. The summed E-state index contributed by atoms with van der Waals surface area (Å²) in [6.45, 7) is 3.09. The minimum atomic E-state index is 0.293. The Balaban J connectivity index is 2.24. The van der Waals surface area contributed by atoms with Crippen LogP contribution in [0.2, 0.25) is 0 Å². The number of hydrogen-bond donors (Lipinski definition) is 1. The van der Waals surface area contributed by atoms with Crippen molar-refractivity contribution in [2.45, 2.75) is 19.4 Å². The summed E-state index contributed by atoms with van der Waals surface area (Å²) in [5.74, 6) is 1.10. The highest BCUT2D eigenvalue weighted by molar-refractivity contribution is 5.48. The molecule has 2 aromatic rings. The topological polar surface area (TPSA) is 33.1 Å². The van der Waals surface area contributed by atoms with Gasteiger partial charge < -0.3 is 14.8 Å². The number of nitrogens with zero attached hydrogens (tertiary/aromatic N) is 3. The number of hydrogen-bond acceptors (Lipinski definition) is 3. The van der Waals surface area contributed by atoms with Crippen LogP contribution < -0.4 is 10.2 Å². The second-order valence-electron chi connectivity index (χ2n) is 5.26. The van der Waals surface area contributed by atoms with Crippen molar-refractivity contribution in [3.63, 3.8) is 0 Å². The molecule has 1 aromatic heterocycles. The summed E-state index contributed by atoms with van der Waals surface area (Å²) in [4.78, 5) is 6.57. The molecule has 0 amide bonds. The fourth-order valence-electron chi connectivity index (χ4n) is 2.35. The number of aryl methyl sites for hydroxylation is 1. The third-order valence-electron chi connectivity index (χ3n) is 3.55. The van der Waals surface area contributed by atoms with Crippen LogP contribution >= 0.6 is 0 Å². The highest BCUT2D eigenvalue weighted by Gasteiger charge is 2.14. The Morgan fingerprint density at radius 1 is 1.35 bits per heavy atom. The van der Waals surface area contributed by atoms with Gasteiger partial charge in [-0.3, -0.25) is 0 Å². The van der Waals surface area contributed by atoms with Gasteiger partial charge in [-0.1, -0.05) is 19.1 Å². The molecule has 2 rings (SSSR count). The van der Waals surface area contributed by atoms with Crippen molar-refractivity contribution < 1.29 is 0 Å². The van der Waals surface area contributed by atoms with E-state index in [1.807, 2.05) is 19.4 Å². The van der Waals surface area contributed by atoms with Crippen LogP contribution in [0.4, 0.5) is 5.69 Å². The second kappa shape index (κ2) is 6.57. The van der Waals surface area contributed by atoms with Gasteiger partial charge in [0.1, 0.15) is 5.82 Å². The maximum absolute atomic E-state index is 4.43. The molecule has 0 aliphatic rings. The van der Waals surface area contributed by atoms with Crippen molar-refractivity contribution >= 4 is 5.69 Å². The molecule has 4 nitrogen and oxygen atoms in total. The lowest BCUT2D eigenvalue weighted by Gasteiger charge is -2.20. The van der Waals surface area contributed by atoms with Crippen molar-refractivity contribution in [1.29, 1.82) is 0 Å². The molecule has 1 heterocycles. The monoisotopic (exact) mass is 272 g/mol. The zero-order valence-electron chi connectivity index (χ0n) is 12.8. The summed E-state index contributed by atoms with van der Waals surface area (Å²) >= 11 is 0. The smallest absolute Gasteiger partial charge is 0.110 e. The summed E-state index contributed by atoms with van der Waals surface area (Å²) in [5.41, 5.74) is 2.53. The molecule has 0 radical (unpaired) electrons. The molecule has 0 saturated carbocycles. The minimum Gasteiger partial charge on any atom is -0.378 e. The number of benzene rings is 1. The van der Waals surface area contributed by atoms with Gasteiger partial charge >= 0.3 is 0 Å². The molecular formula is C16H24N4. The first-order valence-electron chi connectivity index (χ1n) is 7.08. The Morgan fingerprint density at radius 2 is 2.15 bits per heavy atom. The lowest BCUT2D eigenvalue weighted by atomic mass is 10.0. The van der Waals surface area contributed by atoms with E-state index in [1.165, 1.54) is 11.3 Å². The normalized spacial score (nSPS) is 12.4. The van der Waals surface area contributed by atoms with Gasteiger partial charge in [0.05, 0.1) is 0 Å². The molecule has 0 spiro atoms. The molecule has 1 N–H and O–H groups in total. The SMILES string of the molecule is CCNC(Cc1nccn1C)c1cccc(N(C)C)c1. The van der Waals surface area contributed by atoms with Crippen molar-refractivity contribution in [3.8, 4) is 0 Å². The van der Waals surface area contributed by atoms with E-state index in [0.717, 1.165) is 18.8 Å². The van der Waals surface area contributed by atoms with Gasteiger partial charge in [0.15, 0.2) is 0 Å². The second-order valence-corrected chi connectivity index (χ2v) is 5.26. The van der Waals surface area contributed by atoms with Crippen LogP contribution in [0.25, 0.3) is 0 Å². The Labute approximate surface area is 121 Å². The highest BCUT2D eigenvalue weighted by atomic mass is 15.1. The van der Waals surface area contributed by atoms with E-state index in [1.54, 1.807) is 0 Å². The molecule has 4 heteroatoms. The first kappa shape index (κ1) is 14.6. The number of nitrogens with one attached hydrogen (secondary N) is 1. The molecule has 1 unspecified atom stereocenters. The van der Waals surface area contributed by atoms with Gasteiger partial charge in [-0.25, -0.2) is 4.98 Å². The number of imidazole rings is 1. The summed E-state index contributed by atoms with van der Waals surface area (Å²) in [6.07, 6.45) is 4.75. The van der Waals surface area contributed by atoms with Crippen LogP contribution in [0.1, 0.15) is 24.4 Å². The fraction of sp³-hybridized carbons (Fsp3) is 0.438. The average Bonchev–Trinajstić information content (AvgIpc) is 2.84. The first-order valence-corrected chi connectivity index (χ1v) is 7.08. The fourth-order valence-corrected chi connectivity index (χ4v) is 2.35. The molecule has 0 fully saturated rings. The van der Waals surface area contributed by atoms with E-state index in [2.05, 4.69) is 65.1 Å². The Kier molecular flexibility index (Phi) is 4.79. The van der Waals surface area contributed by atoms with Crippen LogP contribution in [0, 0.1) is 0 Å². The standard InChI is InChI=1S/C16H24N4/c1-5-17-15(12-16-18-9-10-20(16)4)13-7-6-8-14(11-13)19(2)3/h6-11,15,17H,5,12H2,1-4H3. The summed E-state index contributed by atoms with van der Waals surface area (Å²) in [6, 6.07) is 8.97. The van der Waals surface area contributed by atoms with E-state index in [0.29, 0.717) is 6.04 Å². The van der Waals surface area contributed by atoms with Crippen molar-refractivity contribution in [3.05, 3.63) is 48.0 Å². The quantitative estimate of drug-likeness (QED) is 0.876. The molecular weight excluding hydrogens is 248 g/mol. The van der Waals surface area contributed by atoms with Crippen LogP contribution in [-0.4, -0.2) is 30.2 Å². The zero-order chi connectivity index (χ0) is 14.5. The van der Waals surface area contributed by atoms with E-state index >= 15 is 0 Å².